The standard InChI is InChI=1S/C13H19BrN2O/c1-17-12-7-3-9-15-13(12)16(10-4-8-14)11-5-2-6-11/h3,7,9,11H,2,4-6,8,10H2,1H3. The normalized spacial score (nSPS) is 15.4. The van der Waals surface area contributed by atoms with Gasteiger partial charge in [-0.3, -0.25) is 0 Å². The van der Waals surface area contributed by atoms with Crippen LogP contribution in [0.4, 0.5) is 5.82 Å². The maximum Gasteiger partial charge on any atom is 0.171 e. The van der Waals surface area contributed by atoms with Crippen LogP contribution in [0.25, 0.3) is 0 Å². The third-order valence-corrected chi connectivity index (χ3v) is 3.85. The molecule has 1 aliphatic carbocycles. The minimum absolute atomic E-state index is 0.651. The molecular formula is C13H19BrN2O. The van der Waals surface area contributed by atoms with Gasteiger partial charge in [-0.2, -0.15) is 0 Å². The number of nitrogens with zero attached hydrogens (tertiary/aromatic N) is 2. The van der Waals surface area contributed by atoms with Gasteiger partial charge in [0.2, 0.25) is 0 Å². The molecule has 0 atom stereocenters. The molecule has 0 aliphatic heterocycles. The summed E-state index contributed by atoms with van der Waals surface area (Å²) in [5, 5.41) is 1.03. The summed E-state index contributed by atoms with van der Waals surface area (Å²) in [6.07, 6.45) is 6.88. The number of halogens is 1. The van der Waals surface area contributed by atoms with Crippen LogP contribution in [-0.4, -0.2) is 30.0 Å². The number of rotatable bonds is 6. The van der Waals surface area contributed by atoms with Crippen LogP contribution in [-0.2, 0) is 0 Å². The van der Waals surface area contributed by atoms with E-state index in [1.54, 1.807) is 7.11 Å². The average molecular weight is 299 g/mol. The van der Waals surface area contributed by atoms with Crippen molar-refractivity contribution in [3.8, 4) is 5.75 Å². The van der Waals surface area contributed by atoms with Gasteiger partial charge in [0.1, 0.15) is 0 Å². The van der Waals surface area contributed by atoms with Gasteiger partial charge in [-0.05, 0) is 37.8 Å². The summed E-state index contributed by atoms with van der Waals surface area (Å²) in [4.78, 5) is 6.90. The molecule has 0 radical (unpaired) electrons. The second-order valence-electron chi connectivity index (χ2n) is 4.35. The highest BCUT2D eigenvalue weighted by atomic mass is 79.9. The fraction of sp³-hybridized carbons (Fsp3) is 0.615. The van der Waals surface area contributed by atoms with E-state index in [0.29, 0.717) is 6.04 Å². The van der Waals surface area contributed by atoms with Crippen molar-refractivity contribution >= 4 is 21.7 Å². The van der Waals surface area contributed by atoms with Gasteiger partial charge in [-0.15, -0.1) is 0 Å². The van der Waals surface area contributed by atoms with Crippen LogP contribution >= 0.6 is 15.9 Å². The number of methoxy groups -OCH3 is 1. The highest BCUT2D eigenvalue weighted by Gasteiger charge is 2.27. The number of aromatic nitrogens is 1. The third kappa shape index (κ3) is 2.92. The molecule has 3 nitrogen and oxygen atoms in total. The number of alkyl halides is 1. The predicted octanol–water partition coefficient (Wildman–Crippen LogP) is 3.23. The van der Waals surface area contributed by atoms with Crippen LogP contribution in [0.3, 0.4) is 0 Å². The van der Waals surface area contributed by atoms with Crippen LogP contribution in [0, 0.1) is 0 Å². The fourth-order valence-electron chi connectivity index (χ4n) is 2.15. The van der Waals surface area contributed by atoms with E-state index < -0.39 is 0 Å². The van der Waals surface area contributed by atoms with E-state index in [-0.39, 0.29) is 0 Å². The van der Waals surface area contributed by atoms with Crippen molar-refractivity contribution in [2.24, 2.45) is 0 Å². The van der Waals surface area contributed by atoms with Gasteiger partial charge in [0.15, 0.2) is 11.6 Å². The zero-order chi connectivity index (χ0) is 12.1. The maximum atomic E-state index is 5.41. The Morgan fingerprint density at radius 2 is 2.35 bits per heavy atom. The molecule has 1 aliphatic rings. The number of ether oxygens (including phenoxy) is 1. The molecule has 1 saturated carbocycles. The van der Waals surface area contributed by atoms with Crippen molar-refractivity contribution in [1.82, 2.24) is 4.98 Å². The molecule has 0 spiro atoms. The lowest BCUT2D eigenvalue weighted by atomic mass is 9.91. The summed E-state index contributed by atoms with van der Waals surface area (Å²) in [7, 11) is 1.71. The van der Waals surface area contributed by atoms with E-state index in [9.17, 15) is 0 Å². The molecule has 94 valence electrons. The zero-order valence-electron chi connectivity index (χ0n) is 10.2. The van der Waals surface area contributed by atoms with Crippen LogP contribution in [0.1, 0.15) is 25.7 Å². The molecule has 0 N–H and O–H groups in total. The number of anilines is 1. The Balaban J connectivity index is 2.17. The van der Waals surface area contributed by atoms with E-state index in [4.69, 9.17) is 4.74 Å². The monoisotopic (exact) mass is 298 g/mol. The minimum atomic E-state index is 0.651. The first-order chi connectivity index (χ1) is 8.36. The van der Waals surface area contributed by atoms with Gasteiger partial charge in [-0.25, -0.2) is 4.98 Å². The Kier molecular flexibility index (Phi) is 4.66. The van der Waals surface area contributed by atoms with Gasteiger partial charge in [-0.1, -0.05) is 15.9 Å². The second kappa shape index (κ2) is 6.24. The quantitative estimate of drug-likeness (QED) is 0.754. The SMILES string of the molecule is COc1cccnc1N(CCCBr)C1CCC1. The van der Waals surface area contributed by atoms with E-state index in [1.165, 1.54) is 19.3 Å². The molecule has 0 unspecified atom stereocenters. The van der Waals surface area contributed by atoms with E-state index in [2.05, 4.69) is 25.8 Å². The molecule has 1 aromatic heterocycles. The predicted molar refractivity (Wildman–Crippen MR) is 74.2 cm³/mol. The molecule has 0 bridgehead atoms. The van der Waals surface area contributed by atoms with Crippen LogP contribution in [0.15, 0.2) is 18.3 Å². The summed E-state index contributed by atoms with van der Waals surface area (Å²) < 4.78 is 5.41. The molecule has 1 fully saturated rings. The van der Waals surface area contributed by atoms with Crippen LogP contribution in [0.5, 0.6) is 5.75 Å². The first-order valence-corrected chi connectivity index (χ1v) is 7.30. The molecule has 1 aromatic rings. The zero-order valence-corrected chi connectivity index (χ0v) is 11.8. The number of pyridine rings is 1. The van der Waals surface area contributed by atoms with E-state index in [0.717, 1.165) is 29.9 Å². The summed E-state index contributed by atoms with van der Waals surface area (Å²) in [6.45, 7) is 1.04. The van der Waals surface area contributed by atoms with Crippen molar-refractivity contribution < 1.29 is 4.74 Å². The lowest BCUT2D eigenvalue weighted by Gasteiger charge is -2.38. The summed E-state index contributed by atoms with van der Waals surface area (Å²) in [6, 6.07) is 4.56. The number of hydrogen-bond acceptors (Lipinski definition) is 3. The largest absolute Gasteiger partial charge is 0.493 e. The van der Waals surface area contributed by atoms with E-state index in [1.807, 2.05) is 18.3 Å². The Bertz CT molecular complexity index is 355. The highest BCUT2D eigenvalue weighted by molar-refractivity contribution is 9.09. The molecule has 2 rings (SSSR count). The summed E-state index contributed by atoms with van der Waals surface area (Å²) in [5.74, 6) is 1.88. The molecule has 1 heterocycles. The van der Waals surface area contributed by atoms with Crippen molar-refractivity contribution in [2.45, 2.75) is 31.7 Å². The fourth-order valence-corrected chi connectivity index (χ4v) is 2.40. The first kappa shape index (κ1) is 12.7. The van der Waals surface area contributed by atoms with Gasteiger partial charge < -0.3 is 9.64 Å². The average Bonchev–Trinajstić information content (AvgIpc) is 2.32. The van der Waals surface area contributed by atoms with Crippen LogP contribution in [0.2, 0.25) is 0 Å². The van der Waals surface area contributed by atoms with Gasteiger partial charge in [0.25, 0.3) is 0 Å². The topological polar surface area (TPSA) is 25.4 Å². The first-order valence-electron chi connectivity index (χ1n) is 6.18. The van der Waals surface area contributed by atoms with E-state index >= 15 is 0 Å². The Morgan fingerprint density at radius 1 is 1.53 bits per heavy atom. The molecule has 0 aromatic carbocycles. The number of hydrogen-bond donors (Lipinski definition) is 0. The lowest BCUT2D eigenvalue weighted by Crippen LogP contribution is -2.41. The smallest absolute Gasteiger partial charge is 0.171 e. The third-order valence-electron chi connectivity index (χ3n) is 3.29. The molecule has 0 saturated heterocycles. The van der Waals surface area contributed by atoms with Gasteiger partial charge >= 0.3 is 0 Å². The molecule has 4 heteroatoms. The second-order valence-corrected chi connectivity index (χ2v) is 5.14. The van der Waals surface area contributed by atoms with Crippen LogP contribution < -0.4 is 9.64 Å². The van der Waals surface area contributed by atoms with Crippen molar-refractivity contribution in [1.29, 1.82) is 0 Å². The summed E-state index contributed by atoms with van der Waals surface area (Å²) >= 11 is 3.50. The minimum Gasteiger partial charge on any atom is -0.493 e. The maximum absolute atomic E-state index is 5.41. The lowest BCUT2D eigenvalue weighted by molar-refractivity contribution is 0.371. The highest BCUT2D eigenvalue weighted by Crippen LogP contribution is 2.33. The summed E-state index contributed by atoms with van der Waals surface area (Å²) in [5.41, 5.74) is 0. The van der Waals surface area contributed by atoms with Crippen molar-refractivity contribution in [3.63, 3.8) is 0 Å². The molecule has 0 amide bonds. The Morgan fingerprint density at radius 3 is 2.94 bits per heavy atom. The van der Waals surface area contributed by atoms with Gasteiger partial charge in [0.05, 0.1) is 7.11 Å². The van der Waals surface area contributed by atoms with Crippen molar-refractivity contribution in [2.75, 3.05) is 23.9 Å². The molecule has 17 heavy (non-hydrogen) atoms. The van der Waals surface area contributed by atoms with Gasteiger partial charge in [0, 0.05) is 24.1 Å². The molecular weight excluding hydrogens is 280 g/mol. The Labute approximate surface area is 111 Å². The Hall–Kier alpha value is -0.770. The van der Waals surface area contributed by atoms with Crippen molar-refractivity contribution in [3.05, 3.63) is 18.3 Å².